The van der Waals surface area contributed by atoms with Crippen molar-refractivity contribution < 1.29 is 13.7 Å². The summed E-state index contributed by atoms with van der Waals surface area (Å²) in [6, 6.07) is 1.11. The van der Waals surface area contributed by atoms with Crippen molar-refractivity contribution in [3.05, 3.63) is 18.0 Å². The number of carbonyl (C=O) groups is 1. The van der Waals surface area contributed by atoms with E-state index in [4.69, 9.17) is 0 Å². The molecule has 4 nitrogen and oxygen atoms in total. The van der Waals surface area contributed by atoms with Crippen molar-refractivity contribution in [3.63, 3.8) is 0 Å². The molecule has 0 unspecified atom stereocenters. The number of amides is 1. The van der Waals surface area contributed by atoms with Crippen molar-refractivity contribution >= 4 is 5.91 Å². The quantitative estimate of drug-likeness (QED) is 0.703. The lowest BCUT2D eigenvalue weighted by molar-refractivity contribution is 0.0938. The number of hydrogen-bond acceptors (Lipinski definition) is 3. The summed E-state index contributed by atoms with van der Waals surface area (Å²) < 4.78 is 16.8. The van der Waals surface area contributed by atoms with E-state index in [1.807, 2.05) is 0 Å². The number of halogens is 1. The smallest absolute Gasteiger partial charge is 0.273 e. The summed E-state index contributed by atoms with van der Waals surface area (Å²) in [6.45, 7) is 0. The highest BCUT2D eigenvalue weighted by atomic mass is 19.1. The highest BCUT2D eigenvalue weighted by Gasteiger charge is 2.39. The van der Waals surface area contributed by atoms with Gasteiger partial charge in [-0.15, -0.1) is 0 Å². The minimum absolute atomic E-state index is 0.189. The first-order chi connectivity index (χ1) is 5.77. The molecular weight excluding hydrogens is 163 g/mol. The van der Waals surface area contributed by atoms with E-state index in [1.54, 1.807) is 0 Å². The highest BCUT2D eigenvalue weighted by Crippen LogP contribution is 2.24. The lowest BCUT2D eigenvalue weighted by Gasteiger charge is -1.96. The fourth-order valence-electron chi connectivity index (χ4n) is 0.885. The summed E-state index contributed by atoms with van der Waals surface area (Å²) in [6.07, 6.45) is 0.819. The van der Waals surface area contributed by atoms with Crippen LogP contribution in [0.25, 0.3) is 0 Å². The molecule has 1 aliphatic carbocycles. The van der Waals surface area contributed by atoms with E-state index >= 15 is 0 Å². The minimum Gasteiger partial charge on any atom is -0.364 e. The summed E-state index contributed by atoms with van der Waals surface area (Å²) >= 11 is 0. The van der Waals surface area contributed by atoms with Crippen molar-refractivity contribution in [2.75, 3.05) is 0 Å². The largest absolute Gasteiger partial charge is 0.364 e. The van der Waals surface area contributed by atoms with E-state index in [-0.39, 0.29) is 17.6 Å². The first-order valence-electron chi connectivity index (χ1n) is 3.62. The summed E-state index contributed by atoms with van der Waals surface area (Å²) in [5.74, 6) is -0.381. The average molecular weight is 170 g/mol. The van der Waals surface area contributed by atoms with Crippen LogP contribution in [-0.4, -0.2) is 23.3 Å². The molecule has 0 aliphatic heterocycles. The van der Waals surface area contributed by atoms with E-state index in [2.05, 4.69) is 15.0 Å². The van der Waals surface area contributed by atoms with Gasteiger partial charge in [0.05, 0.1) is 6.04 Å². The molecule has 1 N–H and O–H groups in total. The van der Waals surface area contributed by atoms with Gasteiger partial charge in [0.25, 0.3) is 5.91 Å². The van der Waals surface area contributed by atoms with Crippen molar-refractivity contribution in [1.82, 2.24) is 10.5 Å². The topological polar surface area (TPSA) is 55.1 Å². The van der Waals surface area contributed by atoms with E-state index in [0.29, 0.717) is 6.42 Å². The predicted octanol–water partition coefficient (Wildman–Crippen LogP) is 0.515. The van der Waals surface area contributed by atoms with Crippen LogP contribution in [0.5, 0.6) is 0 Å². The van der Waals surface area contributed by atoms with Gasteiger partial charge in [0.1, 0.15) is 12.4 Å². The first kappa shape index (κ1) is 7.27. The standard InChI is InChI=1S/C7H7FN2O2/c8-4-3-6(4)9-7(11)5-1-2-12-10-5/h1-2,4,6H,3H2,(H,9,11)/t4-,6+/m0/s1. The Morgan fingerprint density at radius 3 is 3.08 bits per heavy atom. The van der Waals surface area contributed by atoms with E-state index in [1.165, 1.54) is 12.3 Å². The third-order valence-corrected chi connectivity index (χ3v) is 1.70. The fraction of sp³-hybridized carbons (Fsp3) is 0.429. The maximum atomic E-state index is 12.3. The molecule has 1 aromatic rings. The monoisotopic (exact) mass is 170 g/mol. The molecular formula is C7H7FN2O2. The molecule has 1 saturated carbocycles. The normalized spacial score (nSPS) is 26.8. The average Bonchev–Trinajstić information content (AvgIpc) is 2.58. The lowest BCUT2D eigenvalue weighted by atomic mass is 10.4. The molecule has 1 aromatic heterocycles. The van der Waals surface area contributed by atoms with Crippen LogP contribution in [0.1, 0.15) is 16.9 Å². The summed E-state index contributed by atoms with van der Waals surface area (Å²) in [4.78, 5) is 11.1. The molecule has 12 heavy (non-hydrogen) atoms. The molecule has 0 spiro atoms. The SMILES string of the molecule is O=C(N[C@@H]1C[C@@H]1F)c1ccon1. The Kier molecular flexibility index (Phi) is 1.56. The minimum atomic E-state index is -0.888. The maximum absolute atomic E-state index is 12.3. The number of alkyl halides is 1. The van der Waals surface area contributed by atoms with E-state index in [0.717, 1.165) is 0 Å². The molecule has 1 heterocycles. The van der Waals surface area contributed by atoms with Gasteiger partial charge in [0.15, 0.2) is 5.69 Å². The van der Waals surface area contributed by atoms with Crippen molar-refractivity contribution in [2.24, 2.45) is 0 Å². The number of hydrogen-bond donors (Lipinski definition) is 1. The first-order valence-corrected chi connectivity index (χ1v) is 3.62. The summed E-state index contributed by atoms with van der Waals surface area (Å²) in [5, 5.41) is 5.88. The van der Waals surface area contributed by atoms with Gasteiger partial charge in [-0.1, -0.05) is 5.16 Å². The second-order valence-electron chi connectivity index (χ2n) is 2.72. The van der Waals surface area contributed by atoms with Crippen LogP contribution in [0.3, 0.4) is 0 Å². The molecule has 5 heteroatoms. The Labute approximate surface area is 67.7 Å². The van der Waals surface area contributed by atoms with Crippen LogP contribution in [0.15, 0.2) is 16.9 Å². The van der Waals surface area contributed by atoms with Gasteiger partial charge in [-0.05, 0) is 0 Å². The zero-order valence-electron chi connectivity index (χ0n) is 6.16. The second-order valence-corrected chi connectivity index (χ2v) is 2.72. The lowest BCUT2D eigenvalue weighted by Crippen LogP contribution is -2.27. The molecule has 2 rings (SSSR count). The molecule has 64 valence electrons. The van der Waals surface area contributed by atoms with Gasteiger partial charge < -0.3 is 9.84 Å². The van der Waals surface area contributed by atoms with E-state index < -0.39 is 6.17 Å². The fourth-order valence-corrected chi connectivity index (χ4v) is 0.885. The number of rotatable bonds is 2. The second kappa shape index (κ2) is 2.58. The summed E-state index contributed by atoms with van der Waals surface area (Å²) in [7, 11) is 0. The van der Waals surface area contributed by atoms with Gasteiger partial charge >= 0.3 is 0 Å². The van der Waals surface area contributed by atoms with Crippen LogP contribution >= 0.6 is 0 Å². The number of aromatic nitrogens is 1. The molecule has 1 fully saturated rings. The van der Waals surface area contributed by atoms with Crippen molar-refractivity contribution in [2.45, 2.75) is 18.6 Å². The number of nitrogens with one attached hydrogen (secondary N) is 1. The molecule has 0 radical (unpaired) electrons. The van der Waals surface area contributed by atoms with Crippen LogP contribution in [-0.2, 0) is 0 Å². The third kappa shape index (κ3) is 1.30. The van der Waals surface area contributed by atoms with Gasteiger partial charge in [-0.25, -0.2) is 4.39 Å². The highest BCUT2D eigenvalue weighted by molar-refractivity contribution is 5.92. The summed E-state index contributed by atoms with van der Waals surface area (Å²) in [5.41, 5.74) is 0.189. The van der Waals surface area contributed by atoms with Crippen LogP contribution in [0.2, 0.25) is 0 Å². The molecule has 0 bridgehead atoms. The van der Waals surface area contributed by atoms with Crippen LogP contribution in [0.4, 0.5) is 4.39 Å². The van der Waals surface area contributed by atoms with E-state index in [9.17, 15) is 9.18 Å². The Balaban J connectivity index is 1.93. The maximum Gasteiger partial charge on any atom is 0.273 e. The molecule has 1 aliphatic rings. The molecule has 0 aromatic carbocycles. The van der Waals surface area contributed by atoms with Crippen LogP contribution in [0, 0.1) is 0 Å². The van der Waals surface area contributed by atoms with Gasteiger partial charge in [0.2, 0.25) is 0 Å². The van der Waals surface area contributed by atoms with Crippen molar-refractivity contribution in [3.8, 4) is 0 Å². The van der Waals surface area contributed by atoms with Gasteiger partial charge in [-0.2, -0.15) is 0 Å². The Hall–Kier alpha value is -1.39. The molecule has 2 atom stereocenters. The predicted molar refractivity (Wildman–Crippen MR) is 37.3 cm³/mol. The Morgan fingerprint density at radius 2 is 2.58 bits per heavy atom. The number of carbonyl (C=O) groups excluding carboxylic acids is 1. The Morgan fingerprint density at radius 1 is 1.83 bits per heavy atom. The van der Waals surface area contributed by atoms with Crippen molar-refractivity contribution in [1.29, 1.82) is 0 Å². The third-order valence-electron chi connectivity index (χ3n) is 1.70. The van der Waals surface area contributed by atoms with Gasteiger partial charge in [0, 0.05) is 12.5 Å². The Bertz CT molecular complexity index is 286. The zero-order chi connectivity index (χ0) is 8.55. The molecule has 0 saturated heterocycles. The van der Waals surface area contributed by atoms with Crippen LogP contribution < -0.4 is 5.32 Å². The zero-order valence-corrected chi connectivity index (χ0v) is 6.16. The molecule has 1 amide bonds. The number of nitrogens with zero attached hydrogens (tertiary/aromatic N) is 1. The van der Waals surface area contributed by atoms with Gasteiger partial charge in [-0.3, -0.25) is 4.79 Å².